The van der Waals surface area contributed by atoms with Crippen LogP contribution in [0.3, 0.4) is 0 Å². The number of benzene rings is 1. The van der Waals surface area contributed by atoms with E-state index in [1.54, 1.807) is 6.08 Å². The molecule has 61 heavy (non-hydrogen) atoms. The zero-order valence-corrected chi connectivity index (χ0v) is 35.8. The molecule has 0 saturated carbocycles. The van der Waals surface area contributed by atoms with E-state index in [-0.39, 0.29) is 31.2 Å². The second-order valence-electron chi connectivity index (χ2n) is 15.9. The average molecular weight is 870 g/mol. The fourth-order valence-corrected chi connectivity index (χ4v) is 7.24. The quantitative estimate of drug-likeness (QED) is 0.0163. The van der Waals surface area contributed by atoms with E-state index < -0.39 is 81.3 Å². The first-order valence-electron chi connectivity index (χ1n) is 22.2. The molecule has 7 atom stereocenters. The van der Waals surface area contributed by atoms with Crippen LogP contribution in [-0.2, 0) is 14.3 Å². The maximum Gasteiger partial charge on any atom is 0.306 e. The van der Waals surface area contributed by atoms with Crippen LogP contribution in [0, 0.1) is 30.3 Å². The van der Waals surface area contributed by atoms with Crippen molar-refractivity contribution < 1.29 is 54.6 Å². The van der Waals surface area contributed by atoms with Gasteiger partial charge in [0.15, 0.2) is 12.0 Å². The van der Waals surface area contributed by atoms with Crippen molar-refractivity contribution in [1.82, 2.24) is 5.32 Å². The van der Waals surface area contributed by atoms with Crippen molar-refractivity contribution in [3.63, 3.8) is 0 Å². The molecule has 2 rings (SSSR count). The Labute approximate surface area is 358 Å². The number of nitrogens with one attached hydrogen (secondary N) is 2. The van der Waals surface area contributed by atoms with Crippen molar-refractivity contribution in [3.05, 3.63) is 54.6 Å². The van der Waals surface area contributed by atoms with Gasteiger partial charge in [-0.05, 0) is 25.7 Å². The fourth-order valence-electron chi connectivity index (χ4n) is 7.24. The maximum absolute atomic E-state index is 13.0. The van der Waals surface area contributed by atoms with Crippen LogP contribution in [0.25, 0.3) is 0 Å². The van der Waals surface area contributed by atoms with Gasteiger partial charge in [0.2, 0.25) is 5.91 Å². The monoisotopic (exact) mass is 869 g/mol. The van der Waals surface area contributed by atoms with Crippen LogP contribution in [0.15, 0.2) is 24.3 Å². The topological polar surface area (TPSA) is 290 Å². The van der Waals surface area contributed by atoms with Crippen LogP contribution in [0.2, 0.25) is 0 Å². The largest absolute Gasteiger partial charge is 0.394 e. The van der Waals surface area contributed by atoms with Gasteiger partial charge < -0.3 is 45.6 Å². The number of nitrogens with zero attached hydrogens (tertiary/aromatic N) is 3. The molecule has 1 fully saturated rings. The van der Waals surface area contributed by atoms with E-state index in [1.165, 1.54) is 57.8 Å². The first-order valence-corrected chi connectivity index (χ1v) is 22.2. The van der Waals surface area contributed by atoms with Gasteiger partial charge in [-0.1, -0.05) is 128 Å². The Morgan fingerprint density at radius 3 is 1.77 bits per heavy atom. The summed E-state index contributed by atoms with van der Waals surface area (Å²) in [6.45, 7) is 1.55. The van der Waals surface area contributed by atoms with Crippen LogP contribution in [0.5, 0.6) is 0 Å². The number of aliphatic hydroxyl groups is 5. The van der Waals surface area contributed by atoms with E-state index in [1.807, 2.05) is 6.08 Å². The molecule has 0 aromatic heterocycles. The predicted octanol–water partition coefficient (Wildman–Crippen LogP) is 6.64. The minimum atomic E-state index is -1.63. The van der Waals surface area contributed by atoms with Crippen molar-refractivity contribution in [2.45, 2.75) is 191 Å². The van der Waals surface area contributed by atoms with Gasteiger partial charge >= 0.3 is 11.4 Å². The maximum atomic E-state index is 13.0. The molecule has 1 aliphatic heterocycles. The molecule has 0 aliphatic carbocycles. The lowest BCUT2D eigenvalue weighted by Crippen LogP contribution is -2.60. The number of hydrogen-bond acceptors (Lipinski definition) is 15. The first kappa shape index (κ1) is 53.3. The number of carbonyl (C=O) groups excluding carboxylic acids is 1. The molecule has 19 nitrogen and oxygen atoms in total. The molecule has 1 aromatic carbocycles. The van der Waals surface area contributed by atoms with Gasteiger partial charge in [-0.25, -0.2) is 0 Å². The average Bonchev–Trinajstić information content (AvgIpc) is 3.23. The third-order valence-corrected chi connectivity index (χ3v) is 10.9. The summed E-state index contributed by atoms with van der Waals surface area (Å²) in [6.07, 6.45) is 16.9. The number of ether oxygens (including phenoxy) is 2. The number of non-ortho nitro benzene ring substituents is 1. The third kappa shape index (κ3) is 20.7. The Bertz CT molecular complexity index is 1430. The summed E-state index contributed by atoms with van der Waals surface area (Å²) in [6, 6.07) is 0.506. The number of hydrogen-bond donors (Lipinski definition) is 7. The van der Waals surface area contributed by atoms with E-state index in [4.69, 9.17) is 9.47 Å². The van der Waals surface area contributed by atoms with Crippen molar-refractivity contribution >= 4 is 28.7 Å². The Hall–Kier alpha value is -3.85. The highest BCUT2D eigenvalue weighted by Crippen LogP contribution is 2.38. The molecule has 19 heteroatoms. The standard InChI is InChI=1S/C42H71N5O14/c1-2-3-4-5-6-7-8-9-10-12-15-18-21-24-35(49)32(30-60-42-41(53)40(52)39(51)36(29-48)61-42)44-37(50)25-22-19-16-13-11-14-17-20-23-26-43-38-33(46(56)57)27-31(45(54)55)28-34(38)47(58)59/h21,24,27-28,32,35-36,39-43,48-49,51-53H,2-20,22-23,25-26,29-30H2,1H3,(H,44,50)/b24-21+/t32-,35+,36+,39+,40-,41+,42+/m1/s1. The summed E-state index contributed by atoms with van der Waals surface area (Å²) in [5.41, 5.74) is -2.55. The lowest BCUT2D eigenvalue weighted by atomic mass is 9.99. The normalized spacial score (nSPS) is 20.1. The summed E-state index contributed by atoms with van der Waals surface area (Å²) in [4.78, 5) is 44.2. The summed E-state index contributed by atoms with van der Waals surface area (Å²) in [5.74, 6) is -0.293. The van der Waals surface area contributed by atoms with Crippen molar-refractivity contribution in [3.8, 4) is 0 Å². The highest BCUT2D eigenvalue weighted by atomic mass is 16.7. The van der Waals surface area contributed by atoms with Crippen LogP contribution < -0.4 is 10.6 Å². The second kappa shape index (κ2) is 31.1. The summed E-state index contributed by atoms with van der Waals surface area (Å²) >= 11 is 0. The van der Waals surface area contributed by atoms with Crippen molar-refractivity contribution in [1.29, 1.82) is 0 Å². The molecule has 348 valence electrons. The fraction of sp³-hybridized carbons (Fsp3) is 0.786. The number of allylic oxidation sites excluding steroid dienone is 1. The lowest BCUT2D eigenvalue weighted by molar-refractivity contribution is -0.401. The molecule has 1 aliphatic rings. The number of nitro groups is 3. The Kier molecular flexibility index (Phi) is 27.1. The summed E-state index contributed by atoms with van der Waals surface area (Å²) < 4.78 is 11.1. The summed E-state index contributed by atoms with van der Waals surface area (Å²) in [5, 5.41) is 90.7. The van der Waals surface area contributed by atoms with Crippen LogP contribution in [-0.4, -0.2) is 109 Å². The molecule has 0 unspecified atom stereocenters. The number of rotatable bonds is 35. The number of anilines is 1. The highest BCUT2D eigenvalue weighted by Gasteiger charge is 2.44. The third-order valence-electron chi connectivity index (χ3n) is 10.9. The first-order chi connectivity index (χ1) is 29.3. The van der Waals surface area contributed by atoms with E-state index in [9.17, 15) is 60.7 Å². The zero-order valence-electron chi connectivity index (χ0n) is 35.8. The van der Waals surface area contributed by atoms with Gasteiger partial charge in [-0.3, -0.25) is 35.1 Å². The minimum Gasteiger partial charge on any atom is -0.394 e. The summed E-state index contributed by atoms with van der Waals surface area (Å²) in [7, 11) is 0. The zero-order chi connectivity index (χ0) is 45.0. The molecule has 1 amide bonds. The van der Waals surface area contributed by atoms with E-state index in [0.29, 0.717) is 25.0 Å². The molecule has 0 spiro atoms. The SMILES string of the molecule is CCCCCCCCCCCCC/C=C/[C@H](O)[C@@H](CO[C@H]1O[C@@H](CO)[C@H](O)[C@@H](O)[C@@H]1O)NC(=O)CCCCCCCCCCCNc1c([N+](=O)[O-])cc([N+](=O)[O-])cc1[N+](=O)[O-]. The minimum absolute atomic E-state index is 0.212. The molecule has 1 heterocycles. The van der Waals surface area contributed by atoms with E-state index in [2.05, 4.69) is 17.6 Å². The van der Waals surface area contributed by atoms with Crippen molar-refractivity contribution in [2.24, 2.45) is 0 Å². The van der Waals surface area contributed by atoms with Crippen molar-refractivity contribution in [2.75, 3.05) is 25.1 Å². The van der Waals surface area contributed by atoms with Crippen LogP contribution in [0.1, 0.15) is 148 Å². The molecule has 1 aromatic rings. The number of amides is 1. The lowest BCUT2D eigenvalue weighted by Gasteiger charge is -2.40. The molecular weight excluding hydrogens is 798 g/mol. The molecule has 0 radical (unpaired) electrons. The van der Waals surface area contributed by atoms with Gasteiger partial charge in [-0.2, -0.15) is 0 Å². The molecule has 1 saturated heterocycles. The Balaban J connectivity index is 1.72. The van der Waals surface area contributed by atoms with Gasteiger partial charge in [0, 0.05) is 13.0 Å². The van der Waals surface area contributed by atoms with E-state index >= 15 is 0 Å². The van der Waals surface area contributed by atoms with Gasteiger partial charge in [0.25, 0.3) is 5.69 Å². The highest BCUT2D eigenvalue weighted by molar-refractivity contribution is 5.77. The smallest absolute Gasteiger partial charge is 0.306 e. The van der Waals surface area contributed by atoms with Crippen LogP contribution in [0.4, 0.5) is 22.7 Å². The Morgan fingerprint density at radius 1 is 0.754 bits per heavy atom. The Morgan fingerprint density at radius 2 is 1.26 bits per heavy atom. The van der Waals surface area contributed by atoms with Crippen LogP contribution >= 0.6 is 0 Å². The van der Waals surface area contributed by atoms with E-state index in [0.717, 1.165) is 64.2 Å². The number of nitro benzene ring substituents is 3. The molecule has 0 bridgehead atoms. The van der Waals surface area contributed by atoms with Gasteiger partial charge in [0.1, 0.15) is 24.4 Å². The predicted molar refractivity (Wildman–Crippen MR) is 229 cm³/mol. The number of aliphatic hydroxyl groups excluding tert-OH is 5. The van der Waals surface area contributed by atoms with Gasteiger partial charge in [0.05, 0.1) is 52.3 Å². The van der Waals surface area contributed by atoms with Gasteiger partial charge in [-0.15, -0.1) is 0 Å². The number of unbranched alkanes of at least 4 members (excludes halogenated alkanes) is 19. The molecule has 7 N–H and O–H groups in total. The molecular formula is C42H71N5O14. The number of carbonyl (C=O) groups is 1. The second-order valence-corrected chi connectivity index (χ2v) is 15.9.